The average Bonchev–Trinajstić information content (AvgIpc) is 2.99. The van der Waals surface area contributed by atoms with E-state index in [0.29, 0.717) is 13.2 Å². The Morgan fingerprint density at radius 1 is 1.04 bits per heavy atom. The van der Waals surface area contributed by atoms with Crippen LogP contribution in [-0.4, -0.2) is 43.4 Å². The van der Waals surface area contributed by atoms with E-state index in [1.54, 1.807) is 7.11 Å². The van der Waals surface area contributed by atoms with Crippen LogP contribution in [0.1, 0.15) is 12.0 Å². The standard InChI is InChI=1S/C19H23NO3/c1-22-17-7-9-18(10-8-17)23-14-13-20-12-11-19(21,15-20)16-5-3-2-4-6-16/h2-10,21H,11-15H2,1H3/t19-/m1/s1. The third-order valence-corrected chi connectivity index (χ3v) is 4.37. The number of nitrogens with zero attached hydrogens (tertiary/aromatic N) is 1. The fraction of sp³-hybridized carbons (Fsp3) is 0.368. The molecule has 0 unspecified atom stereocenters. The Morgan fingerprint density at radius 2 is 1.74 bits per heavy atom. The molecule has 1 aliphatic rings. The van der Waals surface area contributed by atoms with Crippen LogP contribution < -0.4 is 9.47 Å². The van der Waals surface area contributed by atoms with E-state index in [4.69, 9.17) is 9.47 Å². The Hall–Kier alpha value is -2.04. The summed E-state index contributed by atoms with van der Waals surface area (Å²) in [6.45, 7) is 2.96. The summed E-state index contributed by atoms with van der Waals surface area (Å²) in [6, 6.07) is 17.5. The number of methoxy groups -OCH3 is 1. The van der Waals surface area contributed by atoms with Gasteiger partial charge in [-0.05, 0) is 36.2 Å². The summed E-state index contributed by atoms with van der Waals surface area (Å²) in [5.41, 5.74) is 0.264. The first kappa shape index (κ1) is 15.8. The maximum absolute atomic E-state index is 10.8. The zero-order valence-corrected chi connectivity index (χ0v) is 13.4. The molecule has 0 amide bonds. The van der Waals surface area contributed by atoms with Gasteiger partial charge in [-0.3, -0.25) is 4.90 Å². The molecular weight excluding hydrogens is 290 g/mol. The van der Waals surface area contributed by atoms with Gasteiger partial charge in [0.05, 0.1) is 7.11 Å². The second kappa shape index (κ2) is 7.02. The van der Waals surface area contributed by atoms with Crippen molar-refractivity contribution < 1.29 is 14.6 Å². The van der Waals surface area contributed by atoms with Gasteiger partial charge in [-0.15, -0.1) is 0 Å². The van der Waals surface area contributed by atoms with Crippen LogP contribution in [0.25, 0.3) is 0 Å². The van der Waals surface area contributed by atoms with E-state index in [1.807, 2.05) is 54.6 Å². The van der Waals surface area contributed by atoms with E-state index >= 15 is 0 Å². The fourth-order valence-corrected chi connectivity index (χ4v) is 3.01. The quantitative estimate of drug-likeness (QED) is 0.890. The maximum Gasteiger partial charge on any atom is 0.119 e. The SMILES string of the molecule is COc1ccc(OCCN2CC[C@](O)(c3ccccc3)C2)cc1. The van der Waals surface area contributed by atoms with Crippen LogP contribution in [0.5, 0.6) is 11.5 Å². The first-order valence-electron chi connectivity index (χ1n) is 7.97. The van der Waals surface area contributed by atoms with Crippen molar-refractivity contribution in [1.29, 1.82) is 0 Å². The van der Waals surface area contributed by atoms with Gasteiger partial charge in [-0.1, -0.05) is 30.3 Å². The van der Waals surface area contributed by atoms with E-state index in [2.05, 4.69) is 4.90 Å². The average molecular weight is 313 g/mol. The van der Waals surface area contributed by atoms with Crippen molar-refractivity contribution in [3.8, 4) is 11.5 Å². The van der Waals surface area contributed by atoms with Crippen LogP contribution in [0.2, 0.25) is 0 Å². The molecular formula is C19H23NO3. The van der Waals surface area contributed by atoms with Gasteiger partial charge in [-0.25, -0.2) is 0 Å². The van der Waals surface area contributed by atoms with Gasteiger partial charge in [0.15, 0.2) is 0 Å². The van der Waals surface area contributed by atoms with Crippen LogP contribution in [0.4, 0.5) is 0 Å². The zero-order valence-electron chi connectivity index (χ0n) is 13.4. The van der Waals surface area contributed by atoms with Crippen LogP contribution in [0.3, 0.4) is 0 Å². The highest BCUT2D eigenvalue weighted by Crippen LogP contribution is 2.31. The molecule has 0 bridgehead atoms. The minimum absolute atomic E-state index is 0.608. The summed E-state index contributed by atoms with van der Waals surface area (Å²) in [5, 5.41) is 10.8. The van der Waals surface area contributed by atoms with Crippen LogP contribution in [-0.2, 0) is 5.60 Å². The molecule has 4 nitrogen and oxygen atoms in total. The monoisotopic (exact) mass is 313 g/mol. The molecule has 1 aliphatic heterocycles. The van der Waals surface area contributed by atoms with Gasteiger partial charge >= 0.3 is 0 Å². The summed E-state index contributed by atoms with van der Waals surface area (Å²) in [6.07, 6.45) is 0.763. The topological polar surface area (TPSA) is 41.9 Å². The van der Waals surface area contributed by atoms with Crippen molar-refractivity contribution in [2.24, 2.45) is 0 Å². The summed E-state index contributed by atoms with van der Waals surface area (Å²) in [4.78, 5) is 2.25. The molecule has 1 fully saturated rings. The lowest BCUT2D eigenvalue weighted by Gasteiger charge is -2.24. The molecule has 1 N–H and O–H groups in total. The Labute approximate surface area is 137 Å². The van der Waals surface area contributed by atoms with E-state index in [-0.39, 0.29) is 0 Å². The minimum atomic E-state index is -0.735. The van der Waals surface area contributed by atoms with Gasteiger partial charge in [0.25, 0.3) is 0 Å². The number of hydrogen-bond donors (Lipinski definition) is 1. The zero-order chi connectivity index (χ0) is 16.1. The number of benzene rings is 2. The molecule has 0 aliphatic carbocycles. The predicted molar refractivity (Wildman–Crippen MR) is 89.9 cm³/mol. The van der Waals surface area contributed by atoms with E-state index in [9.17, 15) is 5.11 Å². The molecule has 1 atom stereocenters. The van der Waals surface area contributed by atoms with E-state index < -0.39 is 5.60 Å². The summed E-state index contributed by atoms with van der Waals surface area (Å²) in [5.74, 6) is 1.66. The highest BCUT2D eigenvalue weighted by atomic mass is 16.5. The molecule has 23 heavy (non-hydrogen) atoms. The smallest absolute Gasteiger partial charge is 0.119 e. The van der Waals surface area contributed by atoms with Crippen molar-refractivity contribution in [3.63, 3.8) is 0 Å². The first-order valence-corrected chi connectivity index (χ1v) is 7.97. The number of likely N-dealkylation sites (tertiary alicyclic amines) is 1. The van der Waals surface area contributed by atoms with Gasteiger partial charge in [0, 0.05) is 19.6 Å². The molecule has 0 aromatic heterocycles. The number of β-amino-alcohol motifs (C(OH)–C–C–N with tert-alkyl or cyclic N) is 1. The van der Waals surface area contributed by atoms with Crippen molar-refractivity contribution in [3.05, 3.63) is 60.2 Å². The molecule has 0 spiro atoms. The largest absolute Gasteiger partial charge is 0.497 e. The first-order chi connectivity index (χ1) is 11.2. The third-order valence-electron chi connectivity index (χ3n) is 4.37. The van der Waals surface area contributed by atoms with Gasteiger partial charge in [-0.2, -0.15) is 0 Å². The number of aliphatic hydroxyl groups is 1. The van der Waals surface area contributed by atoms with Crippen molar-refractivity contribution in [1.82, 2.24) is 4.90 Å². The second-order valence-corrected chi connectivity index (χ2v) is 5.95. The lowest BCUT2D eigenvalue weighted by atomic mass is 9.93. The summed E-state index contributed by atoms with van der Waals surface area (Å²) in [7, 11) is 1.65. The highest BCUT2D eigenvalue weighted by molar-refractivity contribution is 5.31. The van der Waals surface area contributed by atoms with Crippen molar-refractivity contribution in [2.45, 2.75) is 12.0 Å². The molecule has 1 heterocycles. The van der Waals surface area contributed by atoms with Crippen LogP contribution in [0.15, 0.2) is 54.6 Å². The van der Waals surface area contributed by atoms with Gasteiger partial charge < -0.3 is 14.6 Å². The molecule has 122 valence electrons. The minimum Gasteiger partial charge on any atom is -0.497 e. The van der Waals surface area contributed by atoms with E-state index in [1.165, 1.54) is 0 Å². The normalized spacial score (nSPS) is 21.3. The van der Waals surface area contributed by atoms with Crippen LogP contribution in [0, 0.1) is 0 Å². The molecule has 4 heteroatoms. The summed E-state index contributed by atoms with van der Waals surface area (Å²) >= 11 is 0. The summed E-state index contributed by atoms with van der Waals surface area (Å²) < 4.78 is 10.9. The number of rotatable bonds is 6. The maximum atomic E-state index is 10.8. The molecule has 3 rings (SSSR count). The third kappa shape index (κ3) is 3.84. The second-order valence-electron chi connectivity index (χ2n) is 5.95. The number of hydrogen-bond acceptors (Lipinski definition) is 4. The molecule has 0 saturated carbocycles. The Balaban J connectivity index is 1.48. The van der Waals surface area contributed by atoms with Crippen LogP contribution >= 0.6 is 0 Å². The van der Waals surface area contributed by atoms with Crippen molar-refractivity contribution in [2.75, 3.05) is 33.4 Å². The predicted octanol–water partition coefficient (Wildman–Crippen LogP) is 2.67. The van der Waals surface area contributed by atoms with Gasteiger partial charge in [0.2, 0.25) is 0 Å². The lowest BCUT2D eigenvalue weighted by molar-refractivity contribution is 0.0447. The molecule has 0 radical (unpaired) electrons. The Morgan fingerprint density at radius 3 is 2.43 bits per heavy atom. The number of ether oxygens (including phenoxy) is 2. The van der Waals surface area contributed by atoms with Gasteiger partial charge in [0.1, 0.15) is 23.7 Å². The molecule has 2 aromatic rings. The Bertz CT molecular complexity index is 614. The lowest BCUT2D eigenvalue weighted by Crippen LogP contribution is -2.32. The van der Waals surface area contributed by atoms with Crippen molar-refractivity contribution >= 4 is 0 Å². The Kier molecular flexibility index (Phi) is 4.84. The highest BCUT2D eigenvalue weighted by Gasteiger charge is 2.37. The molecule has 2 aromatic carbocycles. The van der Waals surface area contributed by atoms with E-state index in [0.717, 1.165) is 36.6 Å². The molecule has 1 saturated heterocycles. The fourth-order valence-electron chi connectivity index (χ4n) is 3.01.